The molecular formula is C16H23F3O. The molecule has 0 aliphatic heterocycles. The van der Waals surface area contributed by atoms with Gasteiger partial charge in [0.05, 0.1) is 0 Å². The van der Waals surface area contributed by atoms with E-state index in [0.29, 0.717) is 0 Å². The average molecular weight is 288 g/mol. The van der Waals surface area contributed by atoms with Gasteiger partial charge in [0.1, 0.15) is 0 Å². The van der Waals surface area contributed by atoms with E-state index >= 15 is 0 Å². The van der Waals surface area contributed by atoms with Crippen molar-refractivity contribution >= 4 is 0 Å². The summed E-state index contributed by atoms with van der Waals surface area (Å²) < 4.78 is 38.0. The maximum atomic E-state index is 12.7. The predicted octanol–water partition coefficient (Wildman–Crippen LogP) is 4.97. The molecule has 0 aliphatic carbocycles. The second kappa shape index (κ2) is 7.67. The molecule has 0 spiro atoms. The van der Waals surface area contributed by atoms with E-state index in [1.54, 1.807) is 0 Å². The molecular weight excluding hydrogens is 265 g/mol. The van der Waals surface area contributed by atoms with Gasteiger partial charge >= 0.3 is 6.18 Å². The van der Waals surface area contributed by atoms with E-state index in [9.17, 15) is 18.3 Å². The Morgan fingerprint density at radius 3 is 1.75 bits per heavy atom. The fraction of sp³-hybridized carbons (Fsp3) is 0.625. The van der Waals surface area contributed by atoms with Crippen LogP contribution in [0.2, 0.25) is 0 Å². The van der Waals surface area contributed by atoms with Gasteiger partial charge in [0.2, 0.25) is 0 Å². The number of aryl methyl sites for hydroxylation is 2. The van der Waals surface area contributed by atoms with Crippen molar-refractivity contribution in [2.75, 3.05) is 0 Å². The van der Waals surface area contributed by atoms with Crippen LogP contribution in [0.15, 0.2) is 18.2 Å². The fourth-order valence-electron chi connectivity index (χ4n) is 2.19. The highest BCUT2D eigenvalue weighted by Gasteiger charge is 2.39. The van der Waals surface area contributed by atoms with Crippen LogP contribution >= 0.6 is 0 Å². The summed E-state index contributed by atoms with van der Waals surface area (Å²) in [5.41, 5.74) is 1.75. The molecule has 0 aromatic heterocycles. The molecule has 1 nitrogen and oxygen atoms in total. The third-order valence-corrected chi connectivity index (χ3v) is 3.34. The maximum Gasteiger partial charge on any atom is 0.418 e. The Morgan fingerprint density at radius 1 is 0.950 bits per heavy atom. The molecule has 1 N–H and O–H groups in total. The minimum atomic E-state index is -4.61. The van der Waals surface area contributed by atoms with Crippen molar-refractivity contribution in [1.29, 1.82) is 0 Å². The highest BCUT2D eigenvalue weighted by atomic mass is 19.4. The number of halogens is 3. The smallest absolute Gasteiger partial charge is 0.379 e. The lowest BCUT2D eigenvalue weighted by Gasteiger charge is -2.17. The normalized spacial score (nSPS) is 13.5. The van der Waals surface area contributed by atoms with Gasteiger partial charge in [0.25, 0.3) is 0 Å². The minimum Gasteiger partial charge on any atom is -0.379 e. The predicted molar refractivity (Wildman–Crippen MR) is 74.7 cm³/mol. The second-order valence-corrected chi connectivity index (χ2v) is 5.23. The largest absolute Gasteiger partial charge is 0.418 e. The van der Waals surface area contributed by atoms with Gasteiger partial charge in [-0.05, 0) is 42.4 Å². The number of rotatable bonds is 7. The Bertz CT molecular complexity index is 386. The number of hydrogen-bond donors (Lipinski definition) is 1. The molecule has 0 heterocycles. The molecule has 1 atom stereocenters. The molecule has 0 radical (unpaired) electrons. The zero-order valence-corrected chi connectivity index (χ0v) is 12.1. The van der Waals surface area contributed by atoms with Crippen molar-refractivity contribution in [3.05, 3.63) is 34.9 Å². The summed E-state index contributed by atoms with van der Waals surface area (Å²) in [7, 11) is 0. The summed E-state index contributed by atoms with van der Waals surface area (Å²) in [4.78, 5) is 0. The number of benzene rings is 1. The highest BCUT2D eigenvalue weighted by Crippen LogP contribution is 2.33. The van der Waals surface area contributed by atoms with Crippen molar-refractivity contribution in [1.82, 2.24) is 0 Å². The number of alkyl halides is 3. The molecule has 4 heteroatoms. The zero-order valence-electron chi connectivity index (χ0n) is 12.1. The Balaban J connectivity index is 3.02. The summed E-state index contributed by atoms with van der Waals surface area (Å²) in [6, 6.07) is 4.95. The molecule has 0 aliphatic rings. The molecule has 1 aromatic rings. The van der Waals surface area contributed by atoms with Gasteiger partial charge in [0, 0.05) is 0 Å². The van der Waals surface area contributed by atoms with Crippen LogP contribution in [-0.4, -0.2) is 11.3 Å². The van der Waals surface area contributed by atoms with Gasteiger partial charge in [-0.1, -0.05) is 44.9 Å². The first-order valence-corrected chi connectivity index (χ1v) is 7.26. The van der Waals surface area contributed by atoms with Crippen LogP contribution in [0, 0.1) is 0 Å². The van der Waals surface area contributed by atoms with Gasteiger partial charge in [-0.15, -0.1) is 0 Å². The fourth-order valence-corrected chi connectivity index (χ4v) is 2.19. The van der Waals surface area contributed by atoms with Gasteiger partial charge in [-0.2, -0.15) is 13.2 Å². The van der Waals surface area contributed by atoms with Crippen molar-refractivity contribution in [2.45, 2.75) is 64.7 Å². The average Bonchev–Trinajstić information content (AvgIpc) is 2.40. The lowest BCUT2D eigenvalue weighted by atomic mass is 9.96. The SMILES string of the molecule is CCCCc1cc(CCCC)cc(C(O)C(F)(F)F)c1. The Hall–Kier alpha value is -1.03. The van der Waals surface area contributed by atoms with E-state index in [1.165, 1.54) is 12.1 Å². The zero-order chi connectivity index (χ0) is 15.2. The third-order valence-electron chi connectivity index (χ3n) is 3.34. The van der Waals surface area contributed by atoms with Crippen LogP contribution in [0.3, 0.4) is 0 Å². The first kappa shape index (κ1) is 17.0. The standard InChI is InChI=1S/C16H23F3O/c1-3-5-7-12-9-13(8-6-4-2)11-14(10-12)15(20)16(17,18)19/h9-11,15,20H,3-8H2,1-2H3. The van der Waals surface area contributed by atoms with Crippen molar-refractivity contribution in [2.24, 2.45) is 0 Å². The molecule has 0 bridgehead atoms. The summed E-state index contributed by atoms with van der Waals surface area (Å²) in [5, 5.41) is 9.43. The molecule has 20 heavy (non-hydrogen) atoms. The molecule has 0 amide bonds. The van der Waals surface area contributed by atoms with Crippen LogP contribution in [0.1, 0.15) is 62.3 Å². The Morgan fingerprint density at radius 2 is 1.40 bits per heavy atom. The molecule has 1 rings (SSSR count). The molecule has 1 aromatic carbocycles. The van der Waals surface area contributed by atoms with E-state index in [0.717, 1.165) is 49.7 Å². The molecule has 0 saturated carbocycles. The number of aliphatic hydroxyl groups excluding tert-OH is 1. The van der Waals surface area contributed by atoms with Gasteiger partial charge < -0.3 is 5.11 Å². The first-order chi connectivity index (χ1) is 9.38. The van der Waals surface area contributed by atoms with E-state index in [4.69, 9.17) is 0 Å². The van der Waals surface area contributed by atoms with Crippen LogP contribution in [0.4, 0.5) is 13.2 Å². The monoisotopic (exact) mass is 288 g/mol. The van der Waals surface area contributed by atoms with Crippen molar-refractivity contribution in [3.63, 3.8) is 0 Å². The third kappa shape index (κ3) is 5.16. The molecule has 0 fully saturated rings. The van der Waals surface area contributed by atoms with E-state index < -0.39 is 12.3 Å². The van der Waals surface area contributed by atoms with E-state index in [1.807, 2.05) is 19.9 Å². The van der Waals surface area contributed by atoms with E-state index in [2.05, 4.69) is 0 Å². The van der Waals surface area contributed by atoms with Crippen LogP contribution in [-0.2, 0) is 12.8 Å². The van der Waals surface area contributed by atoms with Gasteiger partial charge in [-0.3, -0.25) is 0 Å². The Labute approximate surface area is 118 Å². The highest BCUT2D eigenvalue weighted by molar-refractivity contribution is 5.32. The topological polar surface area (TPSA) is 20.2 Å². The quantitative estimate of drug-likeness (QED) is 0.751. The van der Waals surface area contributed by atoms with Gasteiger partial charge in [-0.25, -0.2) is 0 Å². The first-order valence-electron chi connectivity index (χ1n) is 7.26. The molecule has 114 valence electrons. The summed E-state index contributed by atoms with van der Waals surface area (Å²) in [5.74, 6) is 0. The van der Waals surface area contributed by atoms with Crippen LogP contribution in [0.25, 0.3) is 0 Å². The number of aliphatic hydroxyl groups is 1. The Kier molecular flexibility index (Phi) is 6.53. The van der Waals surface area contributed by atoms with Crippen LogP contribution < -0.4 is 0 Å². The molecule has 0 saturated heterocycles. The maximum absolute atomic E-state index is 12.7. The lowest BCUT2D eigenvalue weighted by molar-refractivity contribution is -0.206. The van der Waals surface area contributed by atoms with Crippen LogP contribution in [0.5, 0.6) is 0 Å². The summed E-state index contributed by atoms with van der Waals surface area (Å²) >= 11 is 0. The second-order valence-electron chi connectivity index (χ2n) is 5.23. The van der Waals surface area contributed by atoms with E-state index in [-0.39, 0.29) is 5.56 Å². The van der Waals surface area contributed by atoms with Gasteiger partial charge in [0.15, 0.2) is 6.10 Å². The van der Waals surface area contributed by atoms with Crippen molar-refractivity contribution < 1.29 is 18.3 Å². The summed E-state index contributed by atoms with van der Waals surface area (Å²) in [6.07, 6.45) is -1.60. The number of unbranched alkanes of at least 4 members (excludes halogenated alkanes) is 2. The number of hydrogen-bond acceptors (Lipinski definition) is 1. The minimum absolute atomic E-state index is 0.0304. The van der Waals surface area contributed by atoms with Crippen molar-refractivity contribution in [3.8, 4) is 0 Å². The summed E-state index contributed by atoms with van der Waals surface area (Å²) in [6.45, 7) is 4.10. The lowest BCUT2D eigenvalue weighted by Crippen LogP contribution is -2.20. The molecule has 1 unspecified atom stereocenters.